The van der Waals surface area contributed by atoms with Crippen LogP contribution in [-0.4, -0.2) is 65.4 Å². The van der Waals surface area contributed by atoms with Crippen LogP contribution in [0.4, 0.5) is 10.1 Å². The van der Waals surface area contributed by atoms with Crippen LogP contribution in [0.2, 0.25) is 5.02 Å². The molecule has 1 unspecified atom stereocenters. The third kappa shape index (κ3) is 4.81. The largest absolute Gasteiger partial charge is 0.465 e. The number of carbonyl (C=O) groups excluding carboxylic acids is 1. The summed E-state index contributed by atoms with van der Waals surface area (Å²) < 4.78 is 40.6. The first-order chi connectivity index (χ1) is 21.8. The summed E-state index contributed by atoms with van der Waals surface area (Å²) in [6.45, 7) is 5.55. The van der Waals surface area contributed by atoms with Crippen molar-refractivity contribution in [2.75, 3.05) is 31.7 Å². The Morgan fingerprint density at radius 2 is 1.93 bits per heavy atom. The number of piperazine rings is 1. The number of rotatable bonds is 7. The summed E-state index contributed by atoms with van der Waals surface area (Å²) in [5, 5.41) is 0.322. The lowest BCUT2D eigenvalue weighted by Crippen LogP contribution is -2.64. The average Bonchev–Trinajstić information content (AvgIpc) is 3.51. The second-order valence-corrected chi connectivity index (χ2v) is 12.8. The molecule has 0 bridgehead atoms. The Kier molecular flexibility index (Phi) is 6.92. The minimum absolute atomic E-state index is 0.144. The van der Waals surface area contributed by atoms with Crippen LogP contribution in [0.5, 0.6) is 11.5 Å². The number of benzene rings is 3. The Labute approximate surface area is 265 Å². The number of carbonyl (C=O) groups is 1. The average molecular weight is 633 g/mol. The number of hydrogen-bond acceptors (Lipinski definition) is 8. The molecule has 0 N–H and O–H groups in total. The third-order valence-corrected chi connectivity index (χ3v) is 10.00. The maximum absolute atomic E-state index is 14.9. The molecule has 0 radical (unpaired) electrons. The van der Waals surface area contributed by atoms with Crippen molar-refractivity contribution in [1.82, 2.24) is 14.5 Å². The van der Waals surface area contributed by atoms with Crippen LogP contribution in [0.1, 0.15) is 47.9 Å². The number of hydrogen-bond donors (Lipinski definition) is 0. The van der Waals surface area contributed by atoms with Gasteiger partial charge < -0.3 is 28.4 Å². The lowest BCUT2D eigenvalue weighted by atomic mass is 9.81. The Morgan fingerprint density at radius 1 is 1.09 bits per heavy atom. The predicted molar refractivity (Wildman–Crippen MR) is 166 cm³/mol. The van der Waals surface area contributed by atoms with Gasteiger partial charge in [-0.25, -0.2) is 14.2 Å². The first kappa shape index (κ1) is 28.6. The van der Waals surface area contributed by atoms with E-state index in [-0.39, 0.29) is 12.1 Å². The fraction of sp³-hybridized carbons (Fsp3) is 0.412. The van der Waals surface area contributed by atoms with Gasteiger partial charge in [0, 0.05) is 43.7 Å². The standard InChI is InChI=1S/C34H34ClFN4O5/c1-34(23-8-7-21(35)17-24(23)36)44-30-5-3-4-28(32(30)45-34)39-14-13-38(26-10-11-27(26)39)19-31-37-25-9-6-20(33(41)42-2)16-29(25)40(31)18-22-12-15-43-22/h3-9,16-17,22,26-27H,10-15,18-19H2,1-2H3/t22-,26-,27+,34?/m0/s1. The Bertz CT molecular complexity index is 1810. The number of halogens is 2. The van der Waals surface area contributed by atoms with E-state index < -0.39 is 11.6 Å². The molecule has 9 nitrogen and oxygen atoms in total. The molecule has 8 rings (SSSR count). The fourth-order valence-electron chi connectivity index (χ4n) is 7.18. The molecule has 1 saturated carbocycles. The van der Waals surface area contributed by atoms with Gasteiger partial charge in [-0.3, -0.25) is 4.90 Å². The van der Waals surface area contributed by atoms with Gasteiger partial charge in [0.25, 0.3) is 5.79 Å². The van der Waals surface area contributed by atoms with Gasteiger partial charge in [-0.05, 0) is 67.8 Å². The molecule has 4 atom stereocenters. The van der Waals surface area contributed by atoms with E-state index in [0.29, 0.717) is 52.8 Å². The summed E-state index contributed by atoms with van der Waals surface area (Å²) >= 11 is 6.01. The highest BCUT2D eigenvalue weighted by molar-refractivity contribution is 6.30. The summed E-state index contributed by atoms with van der Waals surface area (Å²) in [4.78, 5) is 22.3. The Hall–Kier alpha value is -3.86. The zero-order valence-corrected chi connectivity index (χ0v) is 25.9. The zero-order chi connectivity index (χ0) is 30.9. The summed E-state index contributed by atoms with van der Waals surface area (Å²) in [5.41, 5.74) is 3.55. The van der Waals surface area contributed by atoms with Crippen LogP contribution < -0.4 is 14.4 Å². The molecule has 4 aliphatic rings. The van der Waals surface area contributed by atoms with Crippen molar-refractivity contribution in [2.45, 2.75) is 63.3 Å². The lowest BCUT2D eigenvalue weighted by Gasteiger charge is -2.54. The zero-order valence-electron chi connectivity index (χ0n) is 25.2. The van der Waals surface area contributed by atoms with Crippen LogP contribution in [-0.2, 0) is 28.4 Å². The number of ether oxygens (including phenoxy) is 4. The molecule has 1 aromatic heterocycles. The van der Waals surface area contributed by atoms with Crippen molar-refractivity contribution < 1.29 is 28.1 Å². The topological polar surface area (TPSA) is 78.3 Å². The van der Waals surface area contributed by atoms with Crippen molar-refractivity contribution in [2.24, 2.45) is 0 Å². The number of anilines is 1. The maximum atomic E-state index is 14.9. The van der Waals surface area contributed by atoms with Crippen molar-refractivity contribution in [3.05, 3.63) is 82.4 Å². The highest BCUT2D eigenvalue weighted by Gasteiger charge is 2.47. The minimum atomic E-state index is -1.30. The molecule has 0 amide bonds. The van der Waals surface area contributed by atoms with Crippen molar-refractivity contribution in [3.63, 3.8) is 0 Å². The van der Waals surface area contributed by atoms with Gasteiger partial charge in [0.2, 0.25) is 0 Å². The van der Waals surface area contributed by atoms with Gasteiger partial charge in [-0.2, -0.15) is 0 Å². The molecule has 234 valence electrons. The summed E-state index contributed by atoms with van der Waals surface area (Å²) in [5.74, 6) is 0.0754. The number of fused-ring (bicyclic) bond motifs is 3. The Balaban J connectivity index is 1.05. The number of nitrogens with zero attached hydrogens (tertiary/aromatic N) is 4. The second kappa shape index (κ2) is 10.9. The van der Waals surface area contributed by atoms with E-state index in [9.17, 15) is 9.18 Å². The van der Waals surface area contributed by atoms with E-state index in [0.717, 1.165) is 61.5 Å². The minimum Gasteiger partial charge on any atom is -0.465 e. The second-order valence-electron chi connectivity index (χ2n) is 12.4. The quantitative estimate of drug-likeness (QED) is 0.233. The molecule has 0 spiro atoms. The smallest absolute Gasteiger partial charge is 0.337 e. The van der Waals surface area contributed by atoms with Crippen LogP contribution in [0, 0.1) is 5.82 Å². The van der Waals surface area contributed by atoms with Gasteiger partial charge in [0.05, 0.1) is 54.2 Å². The predicted octanol–water partition coefficient (Wildman–Crippen LogP) is 5.90. The van der Waals surface area contributed by atoms with Crippen molar-refractivity contribution in [3.8, 4) is 11.5 Å². The molecule has 3 aromatic carbocycles. The molecule has 3 aliphatic heterocycles. The van der Waals surface area contributed by atoms with E-state index in [1.807, 2.05) is 24.3 Å². The van der Waals surface area contributed by atoms with E-state index in [1.54, 1.807) is 25.1 Å². The van der Waals surface area contributed by atoms with Crippen LogP contribution >= 0.6 is 11.6 Å². The van der Waals surface area contributed by atoms with E-state index in [2.05, 4.69) is 20.4 Å². The van der Waals surface area contributed by atoms with Gasteiger partial charge in [0.15, 0.2) is 11.5 Å². The first-order valence-electron chi connectivity index (χ1n) is 15.5. The molecule has 1 aliphatic carbocycles. The first-order valence-corrected chi connectivity index (χ1v) is 15.9. The molecular weight excluding hydrogens is 599 g/mol. The summed E-state index contributed by atoms with van der Waals surface area (Å²) in [7, 11) is 1.40. The number of aromatic nitrogens is 2. The van der Waals surface area contributed by atoms with Gasteiger partial charge in [-0.1, -0.05) is 17.7 Å². The van der Waals surface area contributed by atoms with E-state index in [1.165, 1.54) is 13.2 Å². The normalized spacial score (nSPS) is 25.5. The molecular formula is C34H34ClFN4O5. The summed E-state index contributed by atoms with van der Waals surface area (Å²) in [6.07, 6.45) is 3.30. The van der Waals surface area contributed by atoms with E-state index in [4.69, 9.17) is 35.5 Å². The molecule has 45 heavy (non-hydrogen) atoms. The Morgan fingerprint density at radius 3 is 2.67 bits per heavy atom. The molecule has 4 aromatic rings. The summed E-state index contributed by atoms with van der Waals surface area (Å²) in [6, 6.07) is 16.6. The number of para-hydroxylation sites is 1. The monoisotopic (exact) mass is 632 g/mol. The highest BCUT2D eigenvalue weighted by Crippen LogP contribution is 2.51. The molecule has 2 saturated heterocycles. The maximum Gasteiger partial charge on any atom is 0.337 e. The molecule has 4 heterocycles. The molecule has 11 heteroatoms. The van der Waals surface area contributed by atoms with Crippen molar-refractivity contribution >= 4 is 34.3 Å². The van der Waals surface area contributed by atoms with Gasteiger partial charge in [0.1, 0.15) is 11.6 Å². The highest BCUT2D eigenvalue weighted by atomic mass is 35.5. The molecule has 3 fully saturated rings. The number of imidazole rings is 1. The fourth-order valence-corrected chi connectivity index (χ4v) is 7.34. The van der Waals surface area contributed by atoms with Gasteiger partial charge >= 0.3 is 5.97 Å². The van der Waals surface area contributed by atoms with Gasteiger partial charge in [-0.15, -0.1) is 0 Å². The van der Waals surface area contributed by atoms with Crippen LogP contribution in [0.25, 0.3) is 11.0 Å². The van der Waals surface area contributed by atoms with Crippen LogP contribution in [0.3, 0.4) is 0 Å². The van der Waals surface area contributed by atoms with Crippen LogP contribution in [0.15, 0.2) is 54.6 Å². The number of methoxy groups -OCH3 is 1. The van der Waals surface area contributed by atoms with E-state index >= 15 is 0 Å². The van der Waals surface area contributed by atoms with Crippen molar-refractivity contribution in [1.29, 1.82) is 0 Å². The third-order valence-electron chi connectivity index (χ3n) is 9.76. The number of esters is 1. The SMILES string of the molecule is COC(=O)c1ccc2nc(CN3CCN(c4cccc5c4OC(C)(c4ccc(Cl)cc4F)O5)[C@@H]4CC[C@@H]43)n(C[C@@H]3CCO3)c2c1. The lowest BCUT2D eigenvalue weighted by molar-refractivity contribution is -0.0706.